The molecule has 100 valence electrons. The summed E-state index contributed by atoms with van der Waals surface area (Å²) >= 11 is 1.58. The van der Waals surface area contributed by atoms with Gasteiger partial charge in [0.25, 0.3) is 0 Å². The Kier molecular flexibility index (Phi) is 3.87. The van der Waals surface area contributed by atoms with E-state index in [0.29, 0.717) is 13.0 Å². The van der Waals surface area contributed by atoms with Crippen molar-refractivity contribution in [2.45, 2.75) is 44.9 Å². The van der Waals surface area contributed by atoms with Crippen molar-refractivity contribution in [1.82, 2.24) is 10.3 Å². The molecule has 1 amide bonds. The fourth-order valence-electron chi connectivity index (χ4n) is 1.56. The molecule has 18 heavy (non-hydrogen) atoms. The highest BCUT2D eigenvalue weighted by Gasteiger charge is 2.35. The number of ether oxygens (including phenoxy) is 2. The minimum atomic E-state index is -0.486. The van der Waals surface area contributed by atoms with Gasteiger partial charge in [-0.25, -0.2) is 9.78 Å². The van der Waals surface area contributed by atoms with Crippen LogP contribution >= 0.6 is 11.3 Å². The molecule has 2 atom stereocenters. The normalized spacial score (nSPS) is 20.3. The van der Waals surface area contributed by atoms with E-state index in [4.69, 9.17) is 9.47 Å². The second-order valence-corrected chi connectivity index (χ2v) is 6.23. The highest BCUT2D eigenvalue weighted by Crippen LogP contribution is 2.19. The molecule has 1 aromatic rings. The lowest BCUT2D eigenvalue weighted by atomic mass is 10.1. The quantitative estimate of drug-likeness (QED) is 0.850. The third-order valence-corrected chi connectivity index (χ3v) is 3.19. The number of carbonyl (C=O) groups is 1. The lowest BCUT2D eigenvalue weighted by molar-refractivity contribution is 0.0495. The number of aromatic nitrogens is 1. The topological polar surface area (TPSA) is 63.8 Å². The van der Waals surface area contributed by atoms with Crippen molar-refractivity contribution in [2.24, 2.45) is 0 Å². The molecule has 6 heteroatoms. The molecule has 2 rings (SSSR count). The second-order valence-electron chi connectivity index (χ2n) is 5.25. The summed E-state index contributed by atoms with van der Waals surface area (Å²) in [4.78, 5) is 15.9. The van der Waals surface area contributed by atoms with Gasteiger partial charge in [-0.1, -0.05) is 0 Å². The fraction of sp³-hybridized carbons (Fsp3) is 0.667. The summed E-state index contributed by atoms with van der Waals surface area (Å²) in [6.45, 7) is 6.22. The first kappa shape index (κ1) is 13.3. The Bertz CT molecular complexity index is 396. The average molecular weight is 270 g/mol. The molecule has 5 nitrogen and oxygen atoms in total. The highest BCUT2D eigenvalue weighted by atomic mass is 32.1. The van der Waals surface area contributed by atoms with Crippen molar-refractivity contribution < 1.29 is 14.3 Å². The molecule has 0 bridgehead atoms. The summed E-state index contributed by atoms with van der Waals surface area (Å²) in [7, 11) is 0. The van der Waals surface area contributed by atoms with Crippen LogP contribution in [0.1, 0.15) is 25.8 Å². The van der Waals surface area contributed by atoms with Gasteiger partial charge in [-0.3, -0.25) is 0 Å². The van der Waals surface area contributed by atoms with Crippen LogP contribution < -0.4 is 5.32 Å². The molecule has 1 aliphatic heterocycles. The van der Waals surface area contributed by atoms with Gasteiger partial charge in [0.1, 0.15) is 11.7 Å². The summed E-state index contributed by atoms with van der Waals surface area (Å²) < 4.78 is 10.5. The zero-order chi connectivity index (χ0) is 13.2. The van der Waals surface area contributed by atoms with Gasteiger partial charge in [0.2, 0.25) is 0 Å². The number of hydrogen-bond donors (Lipinski definition) is 1. The lowest BCUT2D eigenvalue weighted by Gasteiger charge is -2.22. The molecule has 1 aromatic heterocycles. The lowest BCUT2D eigenvalue weighted by Crippen LogP contribution is -2.43. The number of thiazole rings is 1. The highest BCUT2D eigenvalue weighted by molar-refractivity contribution is 7.09. The predicted octanol–water partition coefficient (Wildman–Crippen LogP) is 1.98. The summed E-state index contributed by atoms with van der Waals surface area (Å²) in [5.74, 6) is 0. The van der Waals surface area contributed by atoms with Crippen molar-refractivity contribution >= 4 is 17.4 Å². The van der Waals surface area contributed by atoms with Crippen LogP contribution in [0.25, 0.3) is 0 Å². The number of nitrogens with zero attached hydrogens (tertiary/aromatic N) is 1. The van der Waals surface area contributed by atoms with Crippen LogP contribution in [0, 0.1) is 0 Å². The summed E-state index contributed by atoms with van der Waals surface area (Å²) in [6, 6.07) is -0.0639. The smallest absolute Gasteiger partial charge is 0.407 e. The van der Waals surface area contributed by atoms with Gasteiger partial charge in [-0.2, -0.15) is 0 Å². The molecule has 0 saturated carbocycles. The third-order valence-electron chi connectivity index (χ3n) is 2.39. The first-order valence-electron chi connectivity index (χ1n) is 5.93. The number of hydrogen-bond acceptors (Lipinski definition) is 5. The van der Waals surface area contributed by atoms with Gasteiger partial charge in [0.05, 0.1) is 17.7 Å². The average Bonchev–Trinajstić information content (AvgIpc) is 2.95. The molecular formula is C12H18N2O3S. The number of epoxide rings is 1. The van der Waals surface area contributed by atoms with E-state index in [1.165, 1.54) is 0 Å². The van der Waals surface area contributed by atoms with E-state index in [9.17, 15) is 4.79 Å². The molecule has 1 fully saturated rings. The van der Waals surface area contributed by atoms with Crippen molar-refractivity contribution in [3.63, 3.8) is 0 Å². The molecule has 1 N–H and O–H groups in total. The van der Waals surface area contributed by atoms with Gasteiger partial charge in [-0.05, 0) is 20.8 Å². The SMILES string of the molecule is CC(C)(C)OC(=O)N[C@@H](Cc1nccs1)[C@H]1CO1. The number of nitrogens with one attached hydrogen (secondary N) is 1. The van der Waals surface area contributed by atoms with Gasteiger partial charge >= 0.3 is 6.09 Å². The largest absolute Gasteiger partial charge is 0.444 e. The molecule has 0 aliphatic carbocycles. The monoisotopic (exact) mass is 270 g/mol. The standard InChI is InChI=1S/C12H18N2O3S/c1-12(2,3)17-11(15)14-8(9-7-16-9)6-10-13-4-5-18-10/h4-5,8-9H,6-7H2,1-3H3,(H,14,15)/t8-,9+/m0/s1. The van der Waals surface area contributed by atoms with Crippen LogP contribution in [-0.2, 0) is 15.9 Å². The van der Waals surface area contributed by atoms with Crippen molar-refractivity contribution in [3.8, 4) is 0 Å². The van der Waals surface area contributed by atoms with Crippen LogP contribution in [0.5, 0.6) is 0 Å². The molecule has 2 heterocycles. The minimum Gasteiger partial charge on any atom is -0.444 e. The Morgan fingerprint density at radius 3 is 2.94 bits per heavy atom. The van der Waals surface area contributed by atoms with Crippen molar-refractivity contribution in [2.75, 3.05) is 6.61 Å². The predicted molar refractivity (Wildman–Crippen MR) is 68.7 cm³/mol. The Morgan fingerprint density at radius 2 is 2.44 bits per heavy atom. The maximum Gasteiger partial charge on any atom is 0.407 e. The van der Waals surface area contributed by atoms with Crippen LogP contribution in [0.4, 0.5) is 4.79 Å². The number of rotatable bonds is 4. The van der Waals surface area contributed by atoms with E-state index in [1.807, 2.05) is 26.2 Å². The van der Waals surface area contributed by atoms with E-state index in [0.717, 1.165) is 5.01 Å². The Balaban J connectivity index is 1.88. The first-order valence-corrected chi connectivity index (χ1v) is 6.81. The Labute approximate surface area is 111 Å². The molecule has 1 saturated heterocycles. The maximum atomic E-state index is 11.7. The second kappa shape index (κ2) is 5.24. The first-order chi connectivity index (χ1) is 8.44. The third kappa shape index (κ3) is 4.27. The van der Waals surface area contributed by atoms with Crippen molar-refractivity contribution in [3.05, 3.63) is 16.6 Å². The van der Waals surface area contributed by atoms with Crippen LogP contribution in [0.15, 0.2) is 11.6 Å². The summed E-state index contributed by atoms with van der Waals surface area (Å²) in [6.07, 6.45) is 2.13. The van der Waals surface area contributed by atoms with Gasteiger partial charge in [-0.15, -0.1) is 11.3 Å². The maximum absolute atomic E-state index is 11.7. The summed E-state index contributed by atoms with van der Waals surface area (Å²) in [5.41, 5.74) is -0.486. The van der Waals surface area contributed by atoms with Crippen LogP contribution in [-0.4, -0.2) is 35.4 Å². The molecule has 0 unspecified atom stereocenters. The van der Waals surface area contributed by atoms with E-state index in [-0.39, 0.29) is 12.1 Å². The number of carbonyl (C=O) groups excluding carboxylic acids is 1. The summed E-state index contributed by atoms with van der Waals surface area (Å²) in [5, 5.41) is 5.77. The zero-order valence-corrected chi connectivity index (χ0v) is 11.6. The van der Waals surface area contributed by atoms with E-state index in [1.54, 1.807) is 17.5 Å². The Morgan fingerprint density at radius 1 is 1.72 bits per heavy atom. The van der Waals surface area contributed by atoms with E-state index >= 15 is 0 Å². The van der Waals surface area contributed by atoms with Gasteiger partial charge in [0, 0.05) is 18.0 Å². The van der Waals surface area contributed by atoms with Gasteiger partial charge < -0.3 is 14.8 Å². The molecule has 0 aromatic carbocycles. The molecular weight excluding hydrogens is 252 g/mol. The molecule has 0 spiro atoms. The molecule has 0 radical (unpaired) electrons. The van der Waals surface area contributed by atoms with Crippen LogP contribution in [0.3, 0.4) is 0 Å². The van der Waals surface area contributed by atoms with Crippen LogP contribution in [0.2, 0.25) is 0 Å². The van der Waals surface area contributed by atoms with E-state index in [2.05, 4.69) is 10.3 Å². The number of amides is 1. The van der Waals surface area contributed by atoms with Gasteiger partial charge in [0.15, 0.2) is 0 Å². The number of alkyl carbamates (subject to hydrolysis) is 1. The molecule has 1 aliphatic rings. The van der Waals surface area contributed by atoms with E-state index < -0.39 is 11.7 Å². The zero-order valence-electron chi connectivity index (χ0n) is 10.8. The minimum absolute atomic E-state index is 0.0639. The Hall–Kier alpha value is -1.14. The fourth-order valence-corrected chi connectivity index (χ4v) is 2.24. The van der Waals surface area contributed by atoms with Crippen molar-refractivity contribution in [1.29, 1.82) is 0 Å².